The summed E-state index contributed by atoms with van der Waals surface area (Å²) in [5, 5.41) is 14.2. The summed E-state index contributed by atoms with van der Waals surface area (Å²) in [4.78, 5) is 34.7. The van der Waals surface area contributed by atoms with E-state index in [1.165, 1.54) is 13.2 Å². The molecule has 0 aromatic heterocycles. The molecule has 0 heterocycles. The number of methoxy groups -OCH3 is 1. The number of carboxylic acids is 1. The van der Waals surface area contributed by atoms with E-state index in [9.17, 15) is 14.4 Å². The summed E-state index contributed by atoms with van der Waals surface area (Å²) in [7, 11) is 1.27. The molecule has 3 N–H and O–H groups in total. The molecule has 1 aromatic carbocycles. The van der Waals surface area contributed by atoms with Crippen LogP contribution < -0.4 is 15.4 Å². The molecule has 8 nitrogen and oxygen atoms in total. The number of anilines is 1. The van der Waals surface area contributed by atoms with Crippen LogP contribution in [0.4, 0.5) is 10.5 Å². The van der Waals surface area contributed by atoms with Crippen LogP contribution in [0.5, 0.6) is 5.75 Å². The van der Waals surface area contributed by atoms with Gasteiger partial charge in [-0.05, 0) is 52.3 Å². The van der Waals surface area contributed by atoms with E-state index in [-0.39, 0.29) is 24.5 Å². The van der Waals surface area contributed by atoms with Crippen molar-refractivity contribution in [3.8, 4) is 5.75 Å². The third-order valence-corrected chi connectivity index (χ3v) is 3.43. The van der Waals surface area contributed by atoms with Crippen LogP contribution in [0.15, 0.2) is 18.2 Å². The number of carbonyl (C=O) groups excluding carboxylic acids is 2. The van der Waals surface area contributed by atoms with Gasteiger partial charge in [0.05, 0.1) is 24.5 Å². The highest BCUT2D eigenvalue weighted by Crippen LogP contribution is 2.27. The van der Waals surface area contributed by atoms with Crippen LogP contribution in [0.1, 0.15) is 50.9 Å². The SMILES string of the molecule is COC(=O)c1ccc(OC(C)C)c(NC(=O)NC(C)(C)CCC(=O)O)c1. The Labute approximate surface area is 152 Å². The number of ether oxygens (including phenoxy) is 2. The lowest BCUT2D eigenvalue weighted by atomic mass is 9.99. The first kappa shape index (κ1) is 21.3. The highest BCUT2D eigenvalue weighted by atomic mass is 16.5. The molecule has 0 unspecified atom stereocenters. The molecule has 0 radical (unpaired) electrons. The summed E-state index contributed by atoms with van der Waals surface area (Å²) in [6.45, 7) is 7.14. The lowest BCUT2D eigenvalue weighted by molar-refractivity contribution is -0.137. The number of amides is 2. The third kappa shape index (κ3) is 7.00. The summed E-state index contributed by atoms with van der Waals surface area (Å²) in [6.07, 6.45) is 0.0784. The number of carbonyl (C=O) groups is 3. The molecule has 1 rings (SSSR count). The van der Waals surface area contributed by atoms with Gasteiger partial charge in [0.1, 0.15) is 5.75 Å². The van der Waals surface area contributed by atoms with Crippen molar-refractivity contribution < 1.29 is 29.0 Å². The average molecular weight is 366 g/mol. The first-order valence-electron chi connectivity index (χ1n) is 8.24. The number of carboxylic acid groups (broad SMARTS) is 1. The smallest absolute Gasteiger partial charge is 0.337 e. The molecule has 0 aliphatic carbocycles. The van der Waals surface area contributed by atoms with Gasteiger partial charge in [0.25, 0.3) is 0 Å². The number of rotatable bonds is 8. The standard InChI is InChI=1S/C18H26N2O6/c1-11(2)26-14-7-6-12(16(23)25-5)10-13(14)19-17(24)20-18(3,4)9-8-15(21)22/h6-7,10-11H,8-9H2,1-5H3,(H,21,22)(H2,19,20,24). The molecule has 0 saturated heterocycles. The zero-order valence-electron chi connectivity index (χ0n) is 15.7. The Balaban J connectivity index is 2.95. The molecule has 26 heavy (non-hydrogen) atoms. The van der Waals surface area contributed by atoms with E-state index in [4.69, 9.17) is 9.84 Å². The van der Waals surface area contributed by atoms with Crippen LogP contribution in [0, 0.1) is 0 Å². The molecular weight excluding hydrogens is 340 g/mol. The Morgan fingerprint density at radius 2 is 1.88 bits per heavy atom. The second kappa shape index (κ2) is 9.07. The van der Waals surface area contributed by atoms with Crippen LogP contribution in [-0.4, -0.2) is 41.8 Å². The maximum absolute atomic E-state index is 12.3. The van der Waals surface area contributed by atoms with Crippen molar-refractivity contribution in [2.24, 2.45) is 0 Å². The minimum atomic E-state index is -0.932. The van der Waals surface area contributed by atoms with Gasteiger partial charge >= 0.3 is 18.0 Å². The fourth-order valence-electron chi connectivity index (χ4n) is 2.17. The fraction of sp³-hybridized carbons (Fsp3) is 0.500. The Kier molecular flexibility index (Phi) is 7.42. The van der Waals surface area contributed by atoms with Gasteiger partial charge in [0.15, 0.2) is 0 Å². The Bertz CT molecular complexity index is 670. The van der Waals surface area contributed by atoms with Crippen molar-refractivity contribution in [3.05, 3.63) is 23.8 Å². The Morgan fingerprint density at radius 1 is 1.23 bits per heavy atom. The molecule has 8 heteroatoms. The molecule has 2 amide bonds. The summed E-state index contributed by atoms with van der Waals surface area (Å²) >= 11 is 0. The van der Waals surface area contributed by atoms with Crippen LogP contribution >= 0.6 is 0 Å². The van der Waals surface area contributed by atoms with E-state index in [0.29, 0.717) is 11.4 Å². The summed E-state index contributed by atoms with van der Waals surface area (Å²) in [6, 6.07) is 4.06. The molecule has 0 saturated carbocycles. The van der Waals surface area contributed by atoms with Crippen LogP contribution in [0.3, 0.4) is 0 Å². The van der Waals surface area contributed by atoms with Crippen molar-refractivity contribution in [2.75, 3.05) is 12.4 Å². The molecule has 0 aliphatic heterocycles. The van der Waals surface area contributed by atoms with Gasteiger partial charge in [-0.15, -0.1) is 0 Å². The predicted molar refractivity (Wildman–Crippen MR) is 96.6 cm³/mol. The topological polar surface area (TPSA) is 114 Å². The van der Waals surface area contributed by atoms with E-state index in [1.54, 1.807) is 26.0 Å². The van der Waals surface area contributed by atoms with E-state index in [0.717, 1.165) is 0 Å². The lowest BCUT2D eigenvalue weighted by Crippen LogP contribution is -2.45. The monoisotopic (exact) mass is 366 g/mol. The number of benzene rings is 1. The second-order valence-corrected chi connectivity index (χ2v) is 6.73. The number of urea groups is 1. The highest BCUT2D eigenvalue weighted by molar-refractivity contribution is 5.95. The quantitative estimate of drug-likeness (QED) is 0.609. The van der Waals surface area contributed by atoms with Gasteiger partial charge in [-0.3, -0.25) is 4.79 Å². The molecule has 1 aromatic rings. The van der Waals surface area contributed by atoms with Crippen LogP contribution in [0.2, 0.25) is 0 Å². The first-order valence-corrected chi connectivity index (χ1v) is 8.24. The molecule has 0 aliphatic rings. The van der Waals surface area contributed by atoms with E-state index >= 15 is 0 Å². The molecular formula is C18H26N2O6. The summed E-state index contributed by atoms with van der Waals surface area (Å²) in [5.41, 5.74) is -0.140. The number of nitrogens with one attached hydrogen (secondary N) is 2. The van der Waals surface area contributed by atoms with Crippen molar-refractivity contribution in [2.45, 2.75) is 52.2 Å². The highest BCUT2D eigenvalue weighted by Gasteiger charge is 2.22. The van der Waals surface area contributed by atoms with Gasteiger partial charge in [-0.2, -0.15) is 0 Å². The Hall–Kier alpha value is -2.77. The maximum Gasteiger partial charge on any atom is 0.337 e. The van der Waals surface area contributed by atoms with Gasteiger partial charge < -0.3 is 25.2 Å². The fourth-order valence-corrected chi connectivity index (χ4v) is 2.17. The first-order chi connectivity index (χ1) is 12.0. The number of esters is 1. The van der Waals surface area contributed by atoms with Gasteiger partial charge in [-0.1, -0.05) is 0 Å². The lowest BCUT2D eigenvalue weighted by Gasteiger charge is -2.26. The molecule has 0 fully saturated rings. The third-order valence-electron chi connectivity index (χ3n) is 3.43. The van der Waals surface area contributed by atoms with Crippen LogP contribution in [0.25, 0.3) is 0 Å². The zero-order chi connectivity index (χ0) is 19.9. The minimum Gasteiger partial charge on any atom is -0.489 e. The van der Waals surface area contributed by atoms with Crippen molar-refractivity contribution in [1.82, 2.24) is 5.32 Å². The van der Waals surface area contributed by atoms with Crippen molar-refractivity contribution in [1.29, 1.82) is 0 Å². The zero-order valence-corrected chi connectivity index (χ0v) is 15.7. The Morgan fingerprint density at radius 3 is 2.42 bits per heavy atom. The van der Waals surface area contributed by atoms with Gasteiger partial charge in [0.2, 0.25) is 0 Å². The predicted octanol–water partition coefficient (Wildman–Crippen LogP) is 3.03. The molecule has 0 spiro atoms. The summed E-state index contributed by atoms with van der Waals surface area (Å²) < 4.78 is 10.3. The van der Waals surface area contributed by atoms with E-state index in [1.807, 2.05) is 13.8 Å². The normalized spacial score (nSPS) is 11.0. The van der Waals surface area contributed by atoms with Crippen molar-refractivity contribution >= 4 is 23.7 Å². The van der Waals surface area contributed by atoms with Gasteiger partial charge in [-0.25, -0.2) is 9.59 Å². The number of hydrogen-bond acceptors (Lipinski definition) is 5. The molecule has 144 valence electrons. The number of aliphatic carboxylic acids is 1. The van der Waals surface area contributed by atoms with Crippen molar-refractivity contribution in [3.63, 3.8) is 0 Å². The maximum atomic E-state index is 12.3. The average Bonchev–Trinajstić information content (AvgIpc) is 2.53. The largest absolute Gasteiger partial charge is 0.489 e. The second-order valence-electron chi connectivity index (χ2n) is 6.73. The van der Waals surface area contributed by atoms with Gasteiger partial charge in [0, 0.05) is 12.0 Å². The summed E-state index contributed by atoms with van der Waals surface area (Å²) in [5.74, 6) is -1.06. The van der Waals surface area contributed by atoms with Crippen LogP contribution in [-0.2, 0) is 9.53 Å². The van der Waals surface area contributed by atoms with E-state index in [2.05, 4.69) is 15.4 Å². The van der Waals surface area contributed by atoms with E-state index < -0.39 is 23.5 Å². The number of hydrogen-bond donors (Lipinski definition) is 3. The minimum absolute atomic E-state index is 0.0627. The molecule has 0 atom stereocenters. The molecule has 0 bridgehead atoms.